The summed E-state index contributed by atoms with van der Waals surface area (Å²) >= 11 is 0. The Morgan fingerprint density at radius 2 is 1.38 bits per heavy atom. The van der Waals surface area contributed by atoms with Gasteiger partial charge in [-0.2, -0.15) is 4.67 Å². The van der Waals surface area contributed by atoms with E-state index < -0.39 is 7.41 Å². The van der Waals surface area contributed by atoms with Crippen LogP contribution in [0.1, 0.15) is 11.5 Å². The summed E-state index contributed by atoms with van der Waals surface area (Å²) in [6.07, 6.45) is 0. The van der Waals surface area contributed by atoms with E-state index in [-0.39, 0.29) is 24.0 Å². The Labute approximate surface area is 143 Å². The van der Waals surface area contributed by atoms with Crippen molar-refractivity contribution in [2.24, 2.45) is 0 Å². The maximum absolute atomic E-state index is 5.97. The lowest BCUT2D eigenvalue weighted by Crippen LogP contribution is -3.00. The molecule has 116 valence electrons. The second-order valence-corrected chi connectivity index (χ2v) is 8.66. The molecule has 0 aliphatic carbocycles. The van der Waals surface area contributed by atoms with Gasteiger partial charge in [-0.1, -0.05) is 0 Å². The van der Waals surface area contributed by atoms with Crippen molar-refractivity contribution in [1.29, 1.82) is 0 Å². The van der Waals surface area contributed by atoms with E-state index in [0.717, 1.165) is 48.8 Å². The molecule has 0 spiro atoms. The van der Waals surface area contributed by atoms with Crippen LogP contribution >= 0.6 is 7.41 Å². The van der Waals surface area contributed by atoms with Gasteiger partial charge in [0.1, 0.15) is 11.5 Å². The highest BCUT2D eigenvalue weighted by Gasteiger charge is 2.51. The Hall–Kier alpha value is -0.360. The van der Waals surface area contributed by atoms with Crippen LogP contribution in [0, 0.1) is 13.8 Å². The molecule has 3 rings (SSSR count). The molecule has 0 aromatic carbocycles. The SMILES string of the molecule is Cc1ccc([P+](C)(c2ccc(C)o2)N2CCOCC2)o1.[I-]. The zero-order chi connectivity index (χ0) is 14.2. The largest absolute Gasteiger partial charge is 1.00 e. The lowest BCUT2D eigenvalue weighted by molar-refractivity contribution is -0.00000618. The Kier molecular flexibility index (Phi) is 5.52. The number of halogens is 1. The number of hydrogen-bond donors (Lipinski definition) is 0. The van der Waals surface area contributed by atoms with Crippen molar-refractivity contribution in [3.8, 4) is 0 Å². The smallest absolute Gasteiger partial charge is 0.272 e. The second-order valence-electron chi connectivity index (χ2n) is 5.29. The molecule has 4 nitrogen and oxygen atoms in total. The molecular weight excluding hydrogens is 400 g/mol. The number of rotatable bonds is 3. The summed E-state index contributed by atoms with van der Waals surface area (Å²) in [6, 6.07) is 8.25. The van der Waals surface area contributed by atoms with Gasteiger partial charge in [0, 0.05) is 12.1 Å². The number of ether oxygens (including phenoxy) is 1. The summed E-state index contributed by atoms with van der Waals surface area (Å²) in [4.78, 5) is 0. The van der Waals surface area contributed by atoms with Crippen LogP contribution in [0.4, 0.5) is 0 Å². The van der Waals surface area contributed by atoms with E-state index in [2.05, 4.69) is 23.5 Å². The fourth-order valence-corrected chi connectivity index (χ4v) is 5.76. The van der Waals surface area contributed by atoms with Crippen LogP contribution in [0.5, 0.6) is 0 Å². The normalized spacial score (nSPS) is 16.7. The quantitative estimate of drug-likeness (QED) is 0.488. The molecular formula is C15H21INO3P. The highest BCUT2D eigenvalue weighted by molar-refractivity contribution is 7.86. The highest BCUT2D eigenvalue weighted by Crippen LogP contribution is 2.56. The number of furan rings is 2. The first-order valence-corrected chi connectivity index (χ1v) is 9.13. The monoisotopic (exact) mass is 421 g/mol. The third-order valence-electron chi connectivity index (χ3n) is 3.86. The standard InChI is InChI=1S/C15H21NO3P.HI/c1-12-4-6-14(18-12)20(3,15-7-5-13(2)19-15)16-8-10-17-11-9-16;/h4-7H,8-11H2,1-3H3;1H/q+1;/p-1. The van der Waals surface area contributed by atoms with Crippen molar-refractivity contribution in [1.82, 2.24) is 4.67 Å². The Bertz CT molecular complexity index is 549. The molecule has 1 fully saturated rings. The first kappa shape index (κ1) is 17.0. The van der Waals surface area contributed by atoms with Crippen LogP contribution in [-0.4, -0.2) is 37.6 Å². The predicted octanol–water partition coefficient (Wildman–Crippen LogP) is -0.661. The van der Waals surface area contributed by atoms with E-state index in [9.17, 15) is 0 Å². The molecule has 1 aliphatic rings. The van der Waals surface area contributed by atoms with Crippen LogP contribution in [0.2, 0.25) is 0 Å². The van der Waals surface area contributed by atoms with Crippen molar-refractivity contribution in [2.75, 3.05) is 33.0 Å². The number of hydrogen-bond acceptors (Lipinski definition) is 4. The van der Waals surface area contributed by atoms with Crippen LogP contribution < -0.4 is 35.0 Å². The van der Waals surface area contributed by atoms with Crippen molar-refractivity contribution in [2.45, 2.75) is 13.8 Å². The van der Waals surface area contributed by atoms with E-state index in [1.165, 1.54) is 0 Å². The summed E-state index contributed by atoms with van der Waals surface area (Å²) in [5.74, 6) is 1.89. The zero-order valence-electron chi connectivity index (χ0n) is 12.6. The molecule has 3 heterocycles. The summed E-state index contributed by atoms with van der Waals surface area (Å²) < 4.78 is 19.9. The van der Waals surface area contributed by atoms with E-state index in [1.807, 2.05) is 26.0 Å². The molecule has 1 aliphatic heterocycles. The summed E-state index contributed by atoms with van der Waals surface area (Å²) in [7, 11) is -1.79. The highest BCUT2D eigenvalue weighted by atomic mass is 127. The molecule has 0 bridgehead atoms. The fraction of sp³-hybridized carbons (Fsp3) is 0.467. The van der Waals surface area contributed by atoms with Gasteiger partial charge in [0.25, 0.3) is 11.0 Å². The minimum Gasteiger partial charge on any atom is -1.00 e. The van der Waals surface area contributed by atoms with Crippen LogP contribution in [0.25, 0.3) is 0 Å². The average Bonchev–Trinajstić information content (AvgIpc) is 3.08. The lowest BCUT2D eigenvalue weighted by Gasteiger charge is -2.32. The first-order valence-electron chi connectivity index (χ1n) is 6.94. The van der Waals surface area contributed by atoms with E-state index in [0.29, 0.717) is 0 Å². The molecule has 0 unspecified atom stereocenters. The number of nitrogens with zero attached hydrogens (tertiary/aromatic N) is 1. The van der Waals surface area contributed by atoms with Crippen LogP contribution in [0.3, 0.4) is 0 Å². The Morgan fingerprint density at radius 3 is 1.76 bits per heavy atom. The summed E-state index contributed by atoms with van der Waals surface area (Å²) in [5, 5.41) is 0. The van der Waals surface area contributed by atoms with Gasteiger partial charge in [-0.3, -0.25) is 0 Å². The van der Waals surface area contributed by atoms with Crippen molar-refractivity contribution in [3.05, 3.63) is 35.8 Å². The Balaban J connectivity index is 0.00000161. The Morgan fingerprint density at radius 1 is 0.905 bits per heavy atom. The van der Waals surface area contributed by atoms with E-state index >= 15 is 0 Å². The van der Waals surface area contributed by atoms with Gasteiger partial charge in [-0.25, -0.2) is 0 Å². The van der Waals surface area contributed by atoms with Crippen LogP contribution in [0.15, 0.2) is 33.1 Å². The van der Waals surface area contributed by atoms with Gasteiger partial charge in [0.2, 0.25) is 7.41 Å². The van der Waals surface area contributed by atoms with E-state index in [4.69, 9.17) is 13.6 Å². The van der Waals surface area contributed by atoms with Gasteiger partial charge in [-0.05, 0) is 26.0 Å². The maximum Gasteiger partial charge on any atom is 0.272 e. The molecule has 2 aromatic heterocycles. The molecule has 0 amide bonds. The third kappa shape index (κ3) is 3.21. The minimum atomic E-state index is -1.79. The van der Waals surface area contributed by atoms with Crippen molar-refractivity contribution < 1.29 is 37.5 Å². The number of morpholine rings is 1. The second kappa shape index (κ2) is 6.82. The molecule has 0 N–H and O–H groups in total. The lowest BCUT2D eigenvalue weighted by atomic mass is 10.5. The summed E-state index contributed by atoms with van der Waals surface area (Å²) in [5.41, 5.74) is 2.07. The molecule has 0 saturated carbocycles. The fourth-order valence-electron chi connectivity index (χ4n) is 2.65. The molecule has 1 saturated heterocycles. The zero-order valence-corrected chi connectivity index (χ0v) is 15.7. The van der Waals surface area contributed by atoms with Gasteiger partial charge in [0.15, 0.2) is 0 Å². The first-order chi connectivity index (χ1) is 9.60. The van der Waals surface area contributed by atoms with E-state index in [1.54, 1.807) is 0 Å². The minimum absolute atomic E-state index is 0. The third-order valence-corrected chi connectivity index (χ3v) is 7.59. The predicted molar refractivity (Wildman–Crippen MR) is 81.4 cm³/mol. The van der Waals surface area contributed by atoms with Crippen LogP contribution in [-0.2, 0) is 4.74 Å². The molecule has 0 atom stereocenters. The summed E-state index contributed by atoms with van der Waals surface area (Å²) in [6.45, 7) is 9.63. The maximum atomic E-state index is 5.97. The van der Waals surface area contributed by atoms with Gasteiger partial charge >= 0.3 is 0 Å². The van der Waals surface area contributed by atoms with Crippen molar-refractivity contribution >= 4 is 18.4 Å². The molecule has 21 heavy (non-hydrogen) atoms. The molecule has 0 radical (unpaired) electrons. The average molecular weight is 421 g/mol. The molecule has 2 aromatic rings. The topological polar surface area (TPSA) is 38.8 Å². The van der Waals surface area contributed by atoms with Gasteiger partial charge < -0.3 is 37.5 Å². The van der Waals surface area contributed by atoms with Crippen molar-refractivity contribution in [3.63, 3.8) is 0 Å². The van der Waals surface area contributed by atoms with Gasteiger partial charge in [0.05, 0.1) is 33.0 Å². The number of aryl methyl sites for hydroxylation is 2. The van der Waals surface area contributed by atoms with Gasteiger partial charge in [-0.15, -0.1) is 0 Å². The molecule has 6 heteroatoms.